The lowest BCUT2D eigenvalue weighted by Gasteiger charge is -2.20. The Bertz CT molecular complexity index is 503. The van der Waals surface area contributed by atoms with Crippen LogP contribution in [0, 0.1) is 3.57 Å². The lowest BCUT2D eigenvalue weighted by atomic mass is 10.1. The van der Waals surface area contributed by atoms with Gasteiger partial charge in [0.2, 0.25) is 0 Å². The molecule has 2 atom stereocenters. The Morgan fingerprint density at radius 1 is 1.60 bits per heavy atom. The number of rotatable bonds is 4. The molecule has 6 heteroatoms. The van der Waals surface area contributed by atoms with Crippen LogP contribution < -0.4 is 10.1 Å². The Labute approximate surface area is 137 Å². The summed E-state index contributed by atoms with van der Waals surface area (Å²) in [5, 5.41) is 3.50. The minimum absolute atomic E-state index is 0.0345. The molecule has 20 heavy (non-hydrogen) atoms. The van der Waals surface area contributed by atoms with E-state index in [1.54, 1.807) is 19.2 Å². The molecule has 2 rings (SSSR count). The van der Waals surface area contributed by atoms with E-state index in [-0.39, 0.29) is 18.1 Å². The molecule has 0 aliphatic carbocycles. The molecule has 110 valence electrons. The molecule has 1 amide bonds. The van der Waals surface area contributed by atoms with Crippen molar-refractivity contribution in [3.8, 4) is 5.75 Å². The van der Waals surface area contributed by atoms with Gasteiger partial charge < -0.3 is 14.8 Å². The summed E-state index contributed by atoms with van der Waals surface area (Å²) in [4.78, 5) is 12.3. The summed E-state index contributed by atoms with van der Waals surface area (Å²) in [5.74, 6) is 0.332. The zero-order chi connectivity index (χ0) is 14.7. The highest BCUT2D eigenvalue weighted by molar-refractivity contribution is 14.1. The summed E-state index contributed by atoms with van der Waals surface area (Å²) in [6, 6.07) is 3.36. The van der Waals surface area contributed by atoms with Crippen LogP contribution in [0.2, 0.25) is 5.02 Å². The molecule has 4 nitrogen and oxygen atoms in total. The average molecular weight is 410 g/mol. The van der Waals surface area contributed by atoms with Crippen molar-refractivity contribution in [1.29, 1.82) is 0 Å². The zero-order valence-corrected chi connectivity index (χ0v) is 14.3. The van der Waals surface area contributed by atoms with Gasteiger partial charge in [0.25, 0.3) is 5.91 Å². The lowest BCUT2D eigenvalue weighted by Crippen LogP contribution is -2.40. The fourth-order valence-corrected chi connectivity index (χ4v) is 2.85. The second kappa shape index (κ2) is 6.95. The number of halogens is 2. The summed E-state index contributed by atoms with van der Waals surface area (Å²) in [7, 11) is 1.54. The van der Waals surface area contributed by atoms with Gasteiger partial charge >= 0.3 is 0 Å². The van der Waals surface area contributed by atoms with Crippen LogP contribution in [0.3, 0.4) is 0 Å². The summed E-state index contributed by atoms with van der Waals surface area (Å²) in [6.45, 7) is 2.72. The molecule has 1 saturated heterocycles. The lowest BCUT2D eigenvalue weighted by molar-refractivity contribution is 0.0710. The van der Waals surface area contributed by atoms with Crippen LogP contribution in [-0.4, -0.2) is 31.8 Å². The number of benzene rings is 1. The normalized spacial score (nSPS) is 19.7. The first-order valence-electron chi connectivity index (χ1n) is 6.48. The topological polar surface area (TPSA) is 47.6 Å². The van der Waals surface area contributed by atoms with Crippen molar-refractivity contribution >= 4 is 40.1 Å². The first kappa shape index (κ1) is 15.9. The van der Waals surface area contributed by atoms with Crippen LogP contribution in [-0.2, 0) is 4.74 Å². The fourth-order valence-electron chi connectivity index (χ4n) is 2.25. The van der Waals surface area contributed by atoms with Crippen molar-refractivity contribution < 1.29 is 14.3 Å². The third-order valence-corrected chi connectivity index (χ3v) is 4.89. The van der Waals surface area contributed by atoms with E-state index in [4.69, 9.17) is 21.1 Å². The van der Waals surface area contributed by atoms with E-state index in [0.29, 0.717) is 16.3 Å². The van der Waals surface area contributed by atoms with Crippen LogP contribution in [0.1, 0.15) is 30.1 Å². The largest absolute Gasteiger partial charge is 0.496 e. The Kier molecular flexibility index (Phi) is 5.51. The van der Waals surface area contributed by atoms with Gasteiger partial charge in [-0.25, -0.2) is 0 Å². The van der Waals surface area contributed by atoms with Crippen molar-refractivity contribution in [2.45, 2.75) is 31.9 Å². The Hall–Kier alpha value is -0.530. The van der Waals surface area contributed by atoms with Crippen LogP contribution in [0.25, 0.3) is 0 Å². The third kappa shape index (κ3) is 3.56. The monoisotopic (exact) mass is 409 g/mol. The Morgan fingerprint density at radius 3 is 2.95 bits per heavy atom. The van der Waals surface area contributed by atoms with Gasteiger partial charge in [-0.3, -0.25) is 4.79 Å². The molecule has 0 unspecified atom stereocenters. The maximum absolute atomic E-state index is 12.3. The van der Waals surface area contributed by atoms with Crippen molar-refractivity contribution in [1.82, 2.24) is 5.32 Å². The average Bonchev–Trinajstić information content (AvgIpc) is 2.95. The first-order chi connectivity index (χ1) is 9.52. The van der Waals surface area contributed by atoms with Crippen molar-refractivity contribution in [3.63, 3.8) is 0 Å². The van der Waals surface area contributed by atoms with E-state index in [9.17, 15) is 4.79 Å². The highest BCUT2D eigenvalue weighted by atomic mass is 127. The van der Waals surface area contributed by atoms with Crippen molar-refractivity contribution in [2.75, 3.05) is 13.7 Å². The van der Waals surface area contributed by atoms with Gasteiger partial charge in [0.15, 0.2) is 0 Å². The number of ether oxygens (including phenoxy) is 2. The predicted molar refractivity (Wildman–Crippen MR) is 86.6 cm³/mol. The summed E-state index contributed by atoms with van der Waals surface area (Å²) in [6.07, 6.45) is 2.11. The molecule has 1 N–H and O–H groups in total. The van der Waals surface area contributed by atoms with Crippen molar-refractivity contribution in [2.24, 2.45) is 0 Å². The maximum Gasteiger partial charge on any atom is 0.255 e. The van der Waals surface area contributed by atoms with E-state index >= 15 is 0 Å². The molecule has 1 fully saturated rings. The summed E-state index contributed by atoms with van der Waals surface area (Å²) < 4.78 is 11.7. The minimum atomic E-state index is -0.192. The van der Waals surface area contributed by atoms with Crippen molar-refractivity contribution in [3.05, 3.63) is 26.3 Å². The highest BCUT2D eigenvalue weighted by Gasteiger charge is 2.25. The van der Waals surface area contributed by atoms with Gasteiger partial charge in [0.1, 0.15) is 5.75 Å². The molecule has 0 radical (unpaired) electrons. The van der Waals surface area contributed by atoms with Gasteiger partial charge in [-0.1, -0.05) is 11.6 Å². The summed E-state index contributed by atoms with van der Waals surface area (Å²) >= 11 is 8.19. The molecule has 0 bridgehead atoms. The van der Waals surface area contributed by atoms with E-state index in [0.717, 1.165) is 23.0 Å². The third-order valence-electron chi connectivity index (χ3n) is 3.37. The molecule has 1 heterocycles. The molecule has 1 aromatic carbocycles. The van der Waals surface area contributed by atoms with Crippen LogP contribution >= 0.6 is 34.2 Å². The standard InChI is InChI=1S/C14H17ClINO3/c1-8(12-4-3-5-20-12)17-14(18)9-6-10(15)11(16)7-13(9)19-2/h6-8,12H,3-5H2,1-2H3,(H,17,18)/t8-,12-/m1/s1. The van der Waals surface area contributed by atoms with Gasteiger partial charge in [0, 0.05) is 10.2 Å². The summed E-state index contributed by atoms with van der Waals surface area (Å²) in [5.41, 5.74) is 0.447. The molecule has 0 saturated carbocycles. The molecular weight excluding hydrogens is 393 g/mol. The molecule has 1 aliphatic rings. The quantitative estimate of drug-likeness (QED) is 0.777. The SMILES string of the molecule is COc1cc(I)c(Cl)cc1C(=O)N[C@H](C)[C@H]1CCCO1. The predicted octanol–water partition coefficient (Wildman–Crippen LogP) is 3.25. The number of amides is 1. The van der Waals surface area contributed by atoms with Gasteiger partial charge in [-0.15, -0.1) is 0 Å². The molecule has 0 spiro atoms. The molecule has 0 aromatic heterocycles. The Morgan fingerprint density at radius 2 is 2.35 bits per heavy atom. The number of nitrogens with one attached hydrogen (secondary N) is 1. The van der Waals surface area contributed by atoms with E-state index < -0.39 is 0 Å². The number of carbonyl (C=O) groups is 1. The minimum Gasteiger partial charge on any atom is -0.496 e. The van der Waals surface area contributed by atoms with E-state index in [2.05, 4.69) is 27.9 Å². The van der Waals surface area contributed by atoms with E-state index in [1.165, 1.54) is 0 Å². The molecule has 1 aromatic rings. The second-order valence-electron chi connectivity index (χ2n) is 4.78. The highest BCUT2D eigenvalue weighted by Crippen LogP contribution is 2.28. The number of hydrogen-bond donors (Lipinski definition) is 1. The van der Waals surface area contributed by atoms with Gasteiger partial charge in [0.05, 0.1) is 29.8 Å². The number of carbonyl (C=O) groups excluding carboxylic acids is 1. The number of hydrogen-bond acceptors (Lipinski definition) is 3. The number of methoxy groups -OCH3 is 1. The Balaban J connectivity index is 2.14. The maximum atomic E-state index is 12.3. The van der Waals surface area contributed by atoms with Crippen LogP contribution in [0.5, 0.6) is 5.75 Å². The zero-order valence-electron chi connectivity index (χ0n) is 11.4. The smallest absolute Gasteiger partial charge is 0.255 e. The second-order valence-corrected chi connectivity index (χ2v) is 6.35. The molecule has 1 aliphatic heterocycles. The fraction of sp³-hybridized carbons (Fsp3) is 0.500. The van der Waals surface area contributed by atoms with Crippen LogP contribution in [0.4, 0.5) is 0 Å². The van der Waals surface area contributed by atoms with Gasteiger partial charge in [-0.05, 0) is 54.5 Å². The van der Waals surface area contributed by atoms with Gasteiger partial charge in [-0.2, -0.15) is 0 Å². The first-order valence-corrected chi connectivity index (χ1v) is 7.94. The van der Waals surface area contributed by atoms with E-state index in [1.807, 2.05) is 6.92 Å². The molecular formula is C14H17ClINO3. The van der Waals surface area contributed by atoms with Crippen LogP contribution in [0.15, 0.2) is 12.1 Å².